The van der Waals surface area contributed by atoms with E-state index in [0.29, 0.717) is 11.1 Å². The SMILES string of the molecule is COC(=O)C1OC(Oc2c(C)cc(CO)cc2N)C(OC(C)=O)C(OC(C)=O)C1OC(C)=O. The molecule has 0 saturated carbocycles. The van der Waals surface area contributed by atoms with E-state index in [1.807, 2.05) is 0 Å². The first-order chi connectivity index (χ1) is 15.5. The third kappa shape index (κ3) is 6.33. The number of methoxy groups -OCH3 is 1. The fourth-order valence-corrected chi connectivity index (χ4v) is 3.42. The molecule has 0 spiro atoms. The number of hydrogen-bond acceptors (Lipinski definition) is 12. The Morgan fingerprint density at radius 2 is 1.52 bits per heavy atom. The lowest BCUT2D eigenvalue weighted by Crippen LogP contribution is -2.64. The summed E-state index contributed by atoms with van der Waals surface area (Å²) in [6.45, 7) is 4.66. The molecule has 0 bridgehead atoms. The molecule has 2 rings (SSSR count). The van der Waals surface area contributed by atoms with Crippen molar-refractivity contribution in [3.05, 3.63) is 23.3 Å². The van der Waals surface area contributed by atoms with Crippen LogP contribution in [-0.2, 0) is 49.5 Å². The highest BCUT2D eigenvalue weighted by Gasteiger charge is 2.56. The Kier molecular flexibility index (Phi) is 8.60. The highest BCUT2D eigenvalue weighted by molar-refractivity contribution is 5.77. The molecule has 3 N–H and O–H groups in total. The predicted octanol–water partition coefficient (Wildman–Crippen LogP) is 0.141. The first-order valence-electron chi connectivity index (χ1n) is 9.89. The van der Waals surface area contributed by atoms with Crippen LogP contribution in [0.25, 0.3) is 0 Å². The van der Waals surface area contributed by atoms with Crippen LogP contribution in [0.3, 0.4) is 0 Å². The standard InChI is InChI=1S/C21H27NO11/c1-9-6-13(8-23)7-14(22)15(9)32-21-19(31-12(4)26)17(30-11(3)25)16(29-10(2)24)18(33-21)20(27)28-5/h6-7,16-19,21,23H,8,22H2,1-5H3. The fourth-order valence-electron chi connectivity index (χ4n) is 3.42. The summed E-state index contributed by atoms with van der Waals surface area (Å²) in [5.41, 5.74) is 7.21. The van der Waals surface area contributed by atoms with E-state index < -0.39 is 54.6 Å². The number of rotatable bonds is 7. The molecule has 12 heteroatoms. The maximum Gasteiger partial charge on any atom is 0.339 e. The summed E-state index contributed by atoms with van der Waals surface area (Å²) in [6.07, 6.45) is -7.53. The number of hydrogen-bond donors (Lipinski definition) is 2. The average Bonchev–Trinajstić information content (AvgIpc) is 2.72. The second kappa shape index (κ2) is 11.0. The number of aliphatic hydroxyl groups is 1. The van der Waals surface area contributed by atoms with Crippen LogP contribution in [0.15, 0.2) is 12.1 Å². The zero-order valence-electron chi connectivity index (χ0n) is 18.9. The number of nitrogens with two attached hydrogens (primary N) is 1. The Hall–Kier alpha value is -3.38. The number of esters is 4. The van der Waals surface area contributed by atoms with Crippen LogP contribution in [0, 0.1) is 6.92 Å². The molecule has 12 nitrogen and oxygen atoms in total. The van der Waals surface area contributed by atoms with Crippen LogP contribution < -0.4 is 10.5 Å². The van der Waals surface area contributed by atoms with Crippen molar-refractivity contribution in [2.45, 2.75) is 65.0 Å². The van der Waals surface area contributed by atoms with Crippen molar-refractivity contribution in [3.8, 4) is 5.75 Å². The van der Waals surface area contributed by atoms with Crippen LogP contribution in [0.4, 0.5) is 5.69 Å². The normalized spacial score (nSPS) is 24.4. The Balaban J connectivity index is 2.57. The van der Waals surface area contributed by atoms with Crippen molar-refractivity contribution < 1.29 is 52.7 Å². The number of aliphatic hydroxyl groups excluding tert-OH is 1. The maximum absolute atomic E-state index is 12.4. The molecule has 1 fully saturated rings. The van der Waals surface area contributed by atoms with Gasteiger partial charge in [0.2, 0.25) is 12.4 Å². The van der Waals surface area contributed by atoms with Crippen molar-refractivity contribution in [2.75, 3.05) is 12.8 Å². The van der Waals surface area contributed by atoms with Gasteiger partial charge >= 0.3 is 23.9 Å². The molecule has 0 aromatic heterocycles. The highest BCUT2D eigenvalue weighted by Crippen LogP contribution is 2.35. The van der Waals surface area contributed by atoms with Crippen LogP contribution in [-0.4, -0.2) is 66.8 Å². The quantitative estimate of drug-likeness (QED) is 0.315. The zero-order chi connectivity index (χ0) is 24.9. The molecular formula is C21H27NO11. The lowest BCUT2D eigenvalue weighted by molar-refractivity contribution is -0.282. The Morgan fingerprint density at radius 3 is 2.00 bits per heavy atom. The topological polar surface area (TPSA) is 170 Å². The minimum atomic E-state index is -1.58. The van der Waals surface area contributed by atoms with E-state index in [2.05, 4.69) is 0 Å². The van der Waals surface area contributed by atoms with Gasteiger partial charge in [-0.3, -0.25) is 14.4 Å². The van der Waals surface area contributed by atoms with E-state index in [1.54, 1.807) is 13.0 Å². The van der Waals surface area contributed by atoms with Gasteiger partial charge in [-0.2, -0.15) is 0 Å². The molecule has 0 amide bonds. The first-order valence-corrected chi connectivity index (χ1v) is 9.89. The van der Waals surface area contributed by atoms with E-state index in [-0.39, 0.29) is 18.0 Å². The van der Waals surface area contributed by atoms with Gasteiger partial charge in [0.25, 0.3) is 0 Å². The summed E-state index contributed by atoms with van der Waals surface area (Å²) < 4.78 is 32.1. The van der Waals surface area contributed by atoms with E-state index in [0.717, 1.165) is 27.9 Å². The van der Waals surface area contributed by atoms with Gasteiger partial charge in [0.05, 0.1) is 19.4 Å². The molecule has 182 valence electrons. The van der Waals surface area contributed by atoms with Crippen molar-refractivity contribution in [1.29, 1.82) is 0 Å². The smallest absolute Gasteiger partial charge is 0.339 e. The third-order valence-electron chi connectivity index (χ3n) is 4.61. The summed E-state index contributed by atoms with van der Waals surface area (Å²) in [7, 11) is 1.08. The molecular weight excluding hydrogens is 442 g/mol. The largest absolute Gasteiger partial charge is 0.467 e. The van der Waals surface area contributed by atoms with Crippen LogP contribution in [0.1, 0.15) is 31.9 Å². The van der Waals surface area contributed by atoms with Crippen molar-refractivity contribution >= 4 is 29.6 Å². The lowest BCUT2D eigenvalue weighted by Gasteiger charge is -2.43. The number of aryl methyl sites for hydroxylation is 1. The van der Waals surface area contributed by atoms with Gasteiger partial charge in [-0.15, -0.1) is 0 Å². The molecule has 1 aliphatic rings. The molecule has 1 heterocycles. The van der Waals surface area contributed by atoms with E-state index >= 15 is 0 Å². The second-order valence-corrected chi connectivity index (χ2v) is 7.28. The van der Waals surface area contributed by atoms with Gasteiger partial charge in [0, 0.05) is 20.8 Å². The Labute approximate surface area is 189 Å². The molecule has 1 aromatic rings. The van der Waals surface area contributed by atoms with E-state index in [4.69, 9.17) is 34.2 Å². The highest BCUT2D eigenvalue weighted by atomic mass is 16.7. The van der Waals surface area contributed by atoms with Crippen molar-refractivity contribution in [1.82, 2.24) is 0 Å². The van der Waals surface area contributed by atoms with Crippen LogP contribution in [0.5, 0.6) is 5.75 Å². The molecule has 1 saturated heterocycles. The van der Waals surface area contributed by atoms with Gasteiger partial charge in [-0.05, 0) is 30.2 Å². The summed E-state index contributed by atoms with van der Waals surface area (Å²) in [5.74, 6) is -3.23. The number of carbonyl (C=O) groups excluding carboxylic acids is 4. The summed E-state index contributed by atoms with van der Waals surface area (Å²) in [5, 5.41) is 9.36. The molecule has 0 radical (unpaired) electrons. The van der Waals surface area contributed by atoms with Crippen LogP contribution >= 0.6 is 0 Å². The molecule has 5 unspecified atom stereocenters. The minimum Gasteiger partial charge on any atom is -0.467 e. The number of ether oxygens (including phenoxy) is 6. The van der Waals surface area contributed by atoms with E-state index in [1.165, 1.54) is 6.07 Å². The van der Waals surface area contributed by atoms with Crippen molar-refractivity contribution in [3.63, 3.8) is 0 Å². The molecule has 1 aromatic carbocycles. The predicted molar refractivity (Wildman–Crippen MR) is 109 cm³/mol. The minimum absolute atomic E-state index is 0.116. The number of nitrogen functional groups attached to an aromatic ring is 1. The van der Waals surface area contributed by atoms with Gasteiger partial charge in [0.1, 0.15) is 5.75 Å². The zero-order valence-corrected chi connectivity index (χ0v) is 18.9. The van der Waals surface area contributed by atoms with Crippen LogP contribution in [0.2, 0.25) is 0 Å². The Morgan fingerprint density at radius 1 is 0.970 bits per heavy atom. The fraction of sp³-hybridized carbons (Fsp3) is 0.524. The summed E-state index contributed by atoms with van der Waals surface area (Å²) >= 11 is 0. The molecule has 0 aliphatic carbocycles. The first kappa shape index (κ1) is 25.9. The Bertz CT molecular complexity index is 892. The van der Waals surface area contributed by atoms with Crippen molar-refractivity contribution in [2.24, 2.45) is 0 Å². The number of anilines is 1. The van der Waals surface area contributed by atoms with Gasteiger partial charge in [-0.25, -0.2) is 4.79 Å². The molecule has 5 atom stereocenters. The molecule has 1 aliphatic heterocycles. The second-order valence-electron chi connectivity index (χ2n) is 7.28. The van der Waals surface area contributed by atoms with Gasteiger partial charge in [0.15, 0.2) is 18.3 Å². The summed E-state index contributed by atoms with van der Waals surface area (Å²) in [6, 6.07) is 3.08. The lowest BCUT2D eigenvalue weighted by atomic mass is 9.97. The van der Waals surface area contributed by atoms with Gasteiger partial charge in [-0.1, -0.05) is 0 Å². The molecule has 33 heavy (non-hydrogen) atoms. The average molecular weight is 469 g/mol. The number of carbonyl (C=O) groups is 4. The monoisotopic (exact) mass is 469 g/mol. The van der Waals surface area contributed by atoms with Gasteiger partial charge < -0.3 is 39.3 Å². The summed E-state index contributed by atoms with van der Waals surface area (Å²) in [4.78, 5) is 47.8. The third-order valence-corrected chi connectivity index (χ3v) is 4.61. The van der Waals surface area contributed by atoms with E-state index in [9.17, 15) is 24.3 Å². The maximum atomic E-state index is 12.4. The number of benzene rings is 1.